The van der Waals surface area contributed by atoms with E-state index in [1.165, 1.54) is 19.3 Å². The molecule has 2 fully saturated rings. The first kappa shape index (κ1) is 13.6. The van der Waals surface area contributed by atoms with Crippen molar-refractivity contribution in [2.45, 2.75) is 57.7 Å². The van der Waals surface area contributed by atoms with Crippen LogP contribution in [0.1, 0.15) is 43.4 Å². The van der Waals surface area contributed by atoms with Crippen LogP contribution in [0.15, 0.2) is 18.3 Å². The van der Waals surface area contributed by atoms with Crippen molar-refractivity contribution in [1.29, 1.82) is 0 Å². The Morgan fingerprint density at radius 1 is 1.40 bits per heavy atom. The van der Waals surface area contributed by atoms with Crippen LogP contribution in [0.3, 0.4) is 0 Å². The summed E-state index contributed by atoms with van der Waals surface area (Å²) in [4.78, 5) is 18.1. The lowest BCUT2D eigenvalue weighted by molar-refractivity contribution is -0.142. The van der Waals surface area contributed by atoms with E-state index in [2.05, 4.69) is 16.0 Å². The van der Waals surface area contributed by atoms with Crippen molar-refractivity contribution < 1.29 is 9.90 Å². The van der Waals surface area contributed by atoms with Crippen LogP contribution in [0.5, 0.6) is 0 Å². The molecule has 0 radical (unpaired) electrons. The Morgan fingerprint density at radius 2 is 2.20 bits per heavy atom. The normalized spacial score (nSPS) is 30.1. The number of fused-ring (bicyclic) bond motifs is 1. The molecular weight excluding hydrogens is 252 g/mol. The number of carbonyl (C=O) groups is 1. The summed E-state index contributed by atoms with van der Waals surface area (Å²) >= 11 is 0. The van der Waals surface area contributed by atoms with Crippen molar-refractivity contribution in [3.8, 4) is 0 Å². The lowest BCUT2D eigenvalue weighted by Gasteiger charge is -2.32. The van der Waals surface area contributed by atoms with Crippen LogP contribution in [-0.2, 0) is 11.3 Å². The number of nitrogens with zero attached hydrogens (tertiary/aromatic N) is 2. The molecule has 0 aromatic carbocycles. The van der Waals surface area contributed by atoms with Crippen molar-refractivity contribution in [3.63, 3.8) is 0 Å². The van der Waals surface area contributed by atoms with Gasteiger partial charge in [0.1, 0.15) is 6.04 Å². The van der Waals surface area contributed by atoms with Crippen molar-refractivity contribution in [2.24, 2.45) is 5.92 Å². The van der Waals surface area contributed by atoms with Gasteiger partial charge in [0.2, 0.25) is 0 Å². The monoisotopic (exact) mass is 274 g/mol. The van der Waals surface area contributed by atoms with Crippen LogP contribution in [0.4, 0.5) is 0 Å². The van der Waals surface area contributed by atoms with Gasteiger partial charge < -0.3 is 5.11 Å². The molecule has 4 heteroatoms. The molecule has 1 saturated heterocycles. The van der Waals surface area contributed by atoms with Crippen LogP contribution in [0.25, 0.3) is 0 Å². The van der Waals surface area contributed by atoms with Crippen LogP contribution < -0.4 is 0 Å². The van der Waals surface area contributed by atoms with Gasteiger partial charge in [0.25, 0.3) is 0 Å². The summed E-state index contributed by atoms with van der Waals surface area (Å²) in [5, 5.41) is 9.50. The molecule has 108 valence electrons. The molecule has 1 saturated carbocycles. The van der Waals surface area contributed by atoms with Crippen molar-refractivity contribution >= 4 is 5.97 Å². The second-order valence-electron chi connectivity index (χ2n) is 6.18. The molecule has 1 aliphatic heterocycles. The second-order valence-corrected chi connectivity index (χ2v) is 6.18. The minimum atomic E-state index is -0.667. The van der Waals surface area contributed by atoms with E-state index in [1.54, 1.807) is 0 Å². The summed E-state index contributed by atoms with van der Waals surface area (Å²) in [6.45, 7) is 2.68. The molecule has 2 heterocycles. The summed E-state index contributed by atoms with van der Waals surface area (Å²) in [5.41, 5.74) is 2.12. The third-order valence-electron chi connectivity index (χ3n) is 4.84. The van der Waals surface area contributed by atoms with Crippen molar-refractivity contribution in [1.82, 2.24) is 9.88 Å². The number of carboxylic acids is 1. The molecule has 0 spiro atoms. The molecule has 2 aliphatic rings. The molecule has 1 N–H and O–H groups in total. The average molecular weight is 274 g/mol. The molecule has 3 unspecified atom stereocenters. The highest BCUT2D eigenvalue weighted by Gasteiger charge is 2.44. The fraction of sp³-hybridized carbons (Fsp3) is 0.625. The standard InChI is InChI=1S/C16H22N2O2/c1-11-6-7-12(9-17-11)10-18-14-5-3-2-4-13(14)8-15(18)16(19)20/h6-7,9,13-15H,2-5,8,10H2,1H3,(H,19,20). The number of aromatic nitrogens is 1. The molecule has 1 aromatic rings. The lowest BCUT2D eigenvalue weighted by atomic mass is 9.84. The Labute approximate surface area is 119 Å². The SMILES string of the molecule is Cc1ccc(CN2C(C(=O)O)CC3CCCCC32)cn1. The first-order valence-electron chi connectivity index (χ1n) is 7.55. The summed E-state index contributed by atoms with van der Waals surface area (Å²) in [5.74, 6) is -0.0947. The van der Waals surface area contributed by atoms with E-state index in [4.69, 9.17) is 0 Å². The fourth-order valence-electron chi connectivity index (χ4n) is 3.83. The number of carboxylic acid groups (broad SMARTS) is 1. The number of hydrogen-bond donors (Lipinski definition) is 1. The minimum absolute atomic E-state index is 0.315. The summed E-state index contributed by atoms with van der Waals surface area (Å²) in [7, 11) is 0. The maximum absolute atomic E-state index is 11.5. The van der Waals surface area contributed by atoms with Crippen molar-refractivity contribution in [2.75, 3.05) is 0 Å². The molecule has 20 heavy (non-hydrogen) atoms. The Hall–Kier alpha value is -1.42. The Balaban J connectivity index is 1.80. The smallest absolute Gasteiger partial charge is 0.320 e. The number of aryl methyl sites for hydroxylation is 1. The largest absolute Gasteiger partial charge is 0.480 e. The summed E-state index contributed by atoms with van der Waals surface area (Å²) < 4.78 is 0. The van der Waals surface area contributed by atoms with Gasteiger partial charge in [0.05, 0.1) is 0 Å². The first-order chi connectivity index (χ1) is 9.65. The van der Waals surface area contributed by atoms with E-state index in [0.29, 0.717) is 18.5 Å². The molecule has 0 bridgehead atoms. The number of rotatable bonds is 3. The number of likely N-dealkylation sites (tertiary alicyclic amines) is 1. The number of pyridine rings is 1. The Bertz CT molecular complexity index is 486. The molecule has 3 rings (SSSR count). The zero-order chi connectivity index (χ0) is 14.1. The van der Waals surface area contributed by atoms with Gasteiger partial charge in [-0.2, -0.15) is 0 Å². The van der Waals surface area contributed by atoms with E-state index in [9.17, 15) is 9.90 Å². The topological polar surface area (TPSA) is 53.4 Å². The molecule has 1 aromatic heterocycles. The first-order valence-corrected chi connectivity index (χ1v) is 7.55. The Kier molecular flexibility index (Phi) is 3.74. The Morgan fingerprint density at radius 3 is 2.90 bits per heavy atom. The van der Waals surface area contributed by atoms with E-state index >= 15 is 0 Å². The predicted octanol–water partition coefficient (Wildman–Crippen LogP) is 2.61. The van der Waals surface area contributed by atoms with Gasteiger partial charge in [-0.1, -0.05) is 18.9 Å². The molecule has 3 atom stereocenters. The molecule has 4 nitrogen and oxygen atoms in total. The van der Waals surface area contributed by atoms with Crippen molar-refractivity contribution in [3.05, 3.63) is 29.6 Å². The number of hydrogen-bond acceptors (Lipinski definition) is 3. The quantitative estimate of drug-likeness (QED) is 0.920. The van der Waals surface area contributed by atoms with Crippen LogP contribution in [-0.4, -0.2) is 33.0 Å². The highest BCUT2D eigenvalue weighted by Crippen LogP contribution is 2.40. The maximum atomic E-state index is 11.5. The minimum Gasteiger partial charge on any atom is -0.480 e. The van der Waals surface area contributed by atoms with Gasteiger partial charge in [0, 0.05) is 24.5 Å². The zero-order valence-corrected chi connectivity index (χ0v) is 12.0. The summed E-state index contributed by atoms with van der Waals surface area (Å²) in [6, 6.07) is 4.20. The van der Waals surface area contributed by atoms with Crippen LogP contribution in [0, 0.1) is 12.8 Å². The number of aliphatic carboxylic acids is 1. The van der Waals surface area contributed by atoms with Crippen LogP contribution >= 0.6 is 0 Å². The zero-order valence-electron chi connectivity index (χ0n) is 12.0. The van der Waals surface area contributed by atoms with Gasteiger partial charge in [-0.25, -0.2) is 0 Å². The van der Waals surface area contributed by atoms with Gasteiger partial charge in [-0.3, -0.25) is 14.7 Å². The van der Waals surface area contributed by atoms with Gasteiger partial charge in [-0.05, 0) is 43.7 Å². The third-order valence-corrected chi connectivity index (χ3v) is 4.84. The lowest BCUT2D eigenvalue weighted by Crippen LogP contribution is -2.41. The summed E-state index contributed by atoms with van der Waals surface area (Å²) in [6.07, 6.45) is 7.53. The predicted molar refractivity (Wildman–Crippen MR) is 76.3 cm³/mol. The van der Waals surface area contributed by atoms with Crippen LogP contribution in [0.2, 0.25) is 0 Å². The maximum Gasteiger partial charge on any atom is 0.320 e. The van der Waals surface area contributed by atoms with Gasteiger partial charge in [-0.15, -0.1) is 0 Å². The highest BCUT2D eigenvalue weighted by atomic mass is 16.4. The van der Waals surface area contributed by atoms with E-state index in [-0.39, 0.29) is 6.04 Å². The molecule has 0 amide bonds. The van der Waals surface area contributed by atoms with Gasteiger partial charge in [0.15, 0.2) is 0 Å². The second kappa shape index (κ2) is 5.52. The average Bonchev–Trinajstić information content (AvgIpc) is 2.81. The molecule has 1 aliphatic carbocycles. The van der Waals surface area contributed by atoms with Gasteiger partial charge >= 0.3 is 5.97 Å². The fourth-order valence-corrected chi connectivity index (χ4v) is 3.83. The third kappa shape index (κ3) is 2.57. The molecular formula is C16H22N2O2. The van der Waals surface area contributed by atoms with E-state index in [0.717, 1.165) is 24.1 Å². The highest BCUT2D eigenvalue weighted by molar-refractivity contribution is 5.74. The van der Waals surface area contributed by atoms with E-state index < -0.39 is 5.97 Å². The van der Waals surface area contributed by atoms with E-state index in [1.807, 2.05) is 19.2 Å².